The fraction of sp³-hybridized carbons (Fsp3) is 0.208. The number of hydrogen-bond donors (Lipinski definition) is 0. The van der Waals surface area contributed by atoms with Gasteiger partial charge in [-0.2, -0.15) is 0 Å². The summed E-state index contributed by atoms with van der Waals surface area (Å²) in [4.78, 5) is 14.6. The van der Waals surface area contributed by atoms with Crippen LogP contribution in [-0.2, 0) is 6.61 Å². The maximum atomic E-state index is 13.0. The maximum absolute atomic E-state index is 13.0. The fourth-order valence-corrected chi connectivity index (χ4v) is 2.95. The van der Waals surface area contributed by atoms with Gasteiger partial charge >= 0.3 is 0 Å². The molecule has 0 aromatic heterocycles. The van der Waals surface area contributed by atoms with Gasteiger partial charge in [-0.3, -0.25) is 4.79 Å². The molecule has 3 aromatic carbocycles. The monoisotopic (exact) mass is 391 g/mol. The molecule has 3 rings (SSSR count). The Balaban J connectivity index is 1.88. The third kappa shape index (κ3) is 4.69. The van der Waals surface area contributed by atoms with Gasteiger partial charge in [0, 0.05) is 18.3 Å². The number of benzene rings is 3. The van der Waals surface area contributed by atoms with Gasteiger partial charge in [-0.1, -0.05) is 48.0 Å². The second kappa shape index (κ2) is 9.15. The summed E-state index contributed by atoms with van der Waals surface area (Å²) in [6.45, 7) is 2.37. The molecule has 0 saturated carbocycles. The first-order chi connectivity index (χ1) is 14.0. The van der Waals surface area contributed by atoms with Crippen LogP contribution < -0.4 is 19.1 Å². The molecule has 0 aliphatic carbocycles. The van der Waals surface area contributed by atoms with E-state index < -0.39 is 0 Å². The third-order valence-corrected chi connectivity index (χ3v) is 4.66. The van der Waals surface area contributed by atoms with Gasteiger partial charge in [0.05, 0.1) is 14.2 Å². The van der Waals surface area contributed by atoms with Crippen LogP contribution >= 0.6 is 0 Å². The van der Waals surface area contributed by atoms with E-state index in [4.69, 9.17) is 14.2 Å². The highest BCUT2D eigenvalue weighted by atomic mass is 16.5. The number of ether oxygens (including phenoxy) is 3. The van der Waals surface area contributed by atoms with E-state index >= 15 is 0 Å². The van der Waals surface area contributed by atoms with Crippen molar-refractivity contribution in [2.75, 3.05) is 26.2 Å². The van der Waals surface area contributed by atoms with Gasteiger partial charge in [-0.25, -0.2) is 0 Å². The largest absolute Gasteiger partial charge is 0.493 e. The summed E-state index contributed by atoms with van der Waals surface area (Å²) in [6.07, 6.45) is 0. The summed E-state index contributed by atoms with van der Waals surface area (Å²) in [5, 5.41) is 0. The van der Waals surface area contributed by atoms with E-state index in [2.05, 4.69) is 0 Å². The second-order valence-electron chi connectivity index (χ2n) is 6.68. The molecule has 0 N–H and O–H groups in total. The molecule has 5 nitrogen and oxygen atoms in total. The minimum Gasteiger partial charge on any atom is -0.493 e. The molecule has 150 valence electrons. The molecule has 3 aromatic rings. The molecule has 5 heteroatoms. The van der Waals surface area contributed by atoms with E-state index in [0.29, 0.717) is 29.4 Å². The molecule has 0 bridgehead atoms. The average molecular weight is 391 g/mol. The molecule has 0 spiro atoms. The number of rotatable bonds is 7. The minimum atomic E-state index is -0.167. The number of methoxy groups -OCH3 is 2. The lowest BCUT2D eigenvalue weighted by molar-refractivity contribution is 0.0992. The Morgan fingerprint density at radius 2 is 1.48 bits per heavy atom. The molecule has 0 radical (unpaired) electrons. The van der Waals surface area contributed by atoms with Gasteiger partial charge in [0.25, 0.3) is 5.91 Å². The number of carbonyl (C=O) groups is 1. The van der Waals surface area contributed by atoms with Gasteiger partial charge in [0.1, 0.15) is 6.61 Å². The van der Waals surface area contributed by atoms with Crippen molar-refractivity contribution in [2.45, 2.75) is 13.5 Å². The standard InChI is InChI=1S/C24H25NO4/c1-17-10-12-20(13-11-17)25(2)24(26)19-14-21(27-3)23(22(15-19)28-4)29-16-18-8-6-5-7-9-18/h5-15H,16H2,1-4H3. The molecule has 0 atom stereocenters. The van der Waals surface area contributed by atoms with Crippen LogP contribution in [0.5, 0.6) is 17.2 Å². The van der Waals surface area contributed by atoms with Crippen LogP contribution in [0.25, 0.3) is 0 Å². The highest BCUT2D eigenvalue weighted by Gasteiger charge is 2.20. The molecule has 1 amide bonds. The van der Waals surface area contributed by atoms with Crippen molar-refractivity contribution in [3.63, 3.8) is 0 Å². The molecule has 0 unspecified atom stereocenters. The van der Waals surface area contributed by atoms with Crippen molar-refractivity contribution in [1.82, 2.24) is 0 Å². The lowest BCUT2D eigenvalue weighted by Gasteiger charge is -2.20. The van der Waals surface area contributed by atoms with Gasteiger partial charge < -0.3 is 19.1 Å². The molecule has 0 saturated heterocycles. The lowest BCUT2D eigenvalue weighted by Crippen LogP contribution is -2.26. The first kappa shape index (κ1) is 20.3. The Bertz CT molecular complexity index is 943. The Morgan fingerprint density at radius 3 is 2.03 bits per heavy atom. The van der Waals surface area contributed by atoms with Crippen molar-refractivity contribution < 1.29 is 19.0 Å². The van der Waals surface area contributed by atoms with Crippen molar-refractivity contribution in [3.8, 4) is 17.2 Å². The zero-order valence-electron chi connectivity index (χ0n) is 17.1. The Hall–Kier alpha value is -3.47. The summed E-state index contributed by atoms with van der Waals surface area (Å²) in [6, 6.07) is 21.0. The smallest absolute Gasteiger partial charge is 0.258 e. The topological polar surface area (TPSA) is 48.0 Å². The number of carbonyl (C=O) groups excluding carboxylic acids is 1. The van der Waals surface area contributed by atoms with Crippen LogP contribution in [0.4, 0.5) is 5.69 Å². The van der Waals surface area contributed by atoms with Gasteiger partial charge in [0.15, 0.2) is 11.5 Å². The number of nitrogens with zero attached hydrogens (tertiary/aromatic N) is 1. The summed E-state index contributed by atoms with van der Waals surface area (Å²) in [5.74, 6) is 1.19. The molecular formula is C24H25NO4. The van der Waals surface area contributed by atoms with Gasteiger partial charge in [0.2, 0.25) is 5.75 Å². The summed E-state index contributed by atoms with van der Waals surface area (Å²) >= 11 is 0. The van der Waals surface area contributed by atoms with E-state index in [0.717, 1.165) is 16.8 Å². The summed E-state index contributed by atoms with van der Waals surface area (Å²) in [7, 11) is 4.83. The maximum Gasteiger partial charge on any atom is 0.258 e. The molecule has 0 fully saturated rings. The van der Waals surface area contributed by atoms with Crippen LogP contribution in [-0.4, -0.2) is 27.2 Å². The molecule has 0 heterocycles. The van der Waals surface area contributed by atoms with E-state index in [1.165, 1.54) is 0 Å². The van der Waals surface area contributed by atoms with Gasteiger partial charge in [-0.15, -0.1) is 0 Å². The van der Waals surface area contributed by atoms with Crippen LogP contribution in [0.3, 0.4) is 0 Å². The lowest BCUT2D eigenvalue weighted by atomic mass is 10.1. The van der Waals surface area contributed by atoms with Gasteiger partial charge in [-0.05, 0) is 36.8 Å². The Kier molecular flexibility index (Phi) is 6.39. The van der Waals surface area contributed by atoms with E-state index in [9.17, 15) is 4.79 Å². The Morgan fingerprint density at radius 1 is 0.897 bits per heavy atom. The quantitative estimate of drug-likeness (QED) is 0.577. The normalized spacial score (nSPS) is 10.3. The van der Waals surface area contributed by atoms with Crippen molar-refractivity contribution in [3.05, 3.63) is 83.4 Å². The Labute approximate surface area is 171 Å². The molecule has 0 aliphatic heterocycles. The van der Waals surface area contributed by atoms with E-state index in [-0.39, 0.29) is 5.91 Å². The van der Waals surface area contributed by atoms with Crippen LogP contribution in [0.15, 0.2) is 66.7 Å². The zero-order chi connectivity index (χ0) is 20.8. The van der Waals surface area contributed by atoms with Crippen molar-refractivity contribution in [2.24, 2.45) is 0 Å². The minimum absolute atomic E-state index is 0.167. The van der Waals surface area contributed by atoms with Crippen molar-refractivity contribution >= 4 is 11.6 Å². The molecule has 0 aliphatic rings. The second-order valence-corrected chi connectivity index (χ2v) is 6.68. The molecule has 29 heavy (non-hydrogen) atoms. The number of aryl methyl sites for hydroxylation is 1. The summed E-state index contributed by atoms with van der Waals surface area (Å²) in [5.41, 5.74) is 3.42. The van der Waals surface area contributed by atoms with Crippen LogP contribution in [0.1, 0.15) is 21.5 Å². The predicted octanol–water partition coefficient (Wildman–Crippen LogP) is 4.87. The number of hydrogen-bond acceptors (Lipinski definition) is 4. The number of anilines is 1. The highest BCUT2D eigenvalue weighted by Crippen LogP contribution is 2.39. The third-order valence-electron chi connectivity index (χ3n) is 4.66. The van der Waals surface area contributed by atoms with E-state index in [1.54, 1.807) is 38.3 Å². The van der Waals surface area contributed by atoms with Crippen molar-refractivity contribution in [1.29, 1.82) is 0 Å². The average Bonchev–Trinajstić information content (AvgIpc) is 2.77. The number of amides is 1. The SMILES string of the molecule is COc1cc(C(=O)N(C)c2ccc(C)cc2)cc(OC)c1OCc1ccccc1. The van der Waals surface area contributed by atoms with Crippen LogP contribution in [0.2, 0.25) is 0 Å². The first-order valence-corrected chi connectivity index (χ1v) is 9.31. The van der Waals surface area contributed by atoms with Crippen LogP contribution in [0, 0.1) is 6.92 Å². The highest BCUT2D eigenvalue weighted by molar-refractivity contribution is 6.06. The zero-order valence-corrected chi connectivity index (χ0v) is 17.1. The first-order valence-electron chi connectivity index (χ1n) is 9.31. The fourth-order valence-electron chi connectivity index (χ4n) is 2.95. The summed E-state index contributed by atoms with van der Waals surface area (Å²) < 4.78 is 16.9. The predicted molar refractivity (Wildman–Crippen MR) is 114 cm³/mol. The molecular weight excluding hydrogens is 366 g/mol. The van der Waals surface area contributed by atoms with E-state index in [1.807, 2.05) is 61.5 Å².